The van der Waals surface area contributed by atoms with Crippen LogP contribution in [0.1, 0.15) is 19.3 Å². The number of carbonyl (C=O) groups excluding carboxylic acids is 1. The lowest BCUT2D eigenvalue weighted by Gasteiger charge is -2.21. The van der Waals surface area contributed by atoms with Gasteiger partial charge < -0.3 is 5.32 Å². The Kier molecular flexibility index (Phi) is 4.66. The lowest BCUT2D eigenvalue weighted by atomic mass is 10.2. The summed E-state index contributed by atoms with van der Waals surface area (Å²) in [6, 6.07) is 3.00. The topological polar surface area (TPSA) is 89.3 Å². The van der Waals surface area contributed by atoms with Crippen molar-refractivity contribution in [3.63, 3.8) is 0 Å². The number of carbonyl (C=O) groups is 1. The molecule has 2 rings (SSSR count). The highest BCUT2D eigenvalue weighted by Crippen LogP contribution is 2.28. The number of hydrogen-bond donors (Lipinski definition) is 2. The van der Waals surface area contributed by atoms with Gasteiger partial charge in [0.2, 0.25) is 15.9 Å². The molecule has 1 fully saturated rings. The molecule has 20 heavy (non-hydrogen) atoms. The Morgan fingerprint density at radius 3 is 2.75 bits per heavy atom. The summed E-state index contributed by atoms with van der Waals surface area (Å²) in [7, 11) is -4.01. The molecule has 1 aromatic rings. The molecule has 1 amide bonds. The van der Waals surface area contributed by atoms with E-state index in [1.165, 1.54) is 11.8 Å². The second kappa shape index (κ2) is 6.11. The number of anilines is 1. The smallest absolute Gasteiger partial charge is 0.240 e. The van der Waals surface area contributed by atoms with E-state index in [0.717, 1.165) is 43.2 Å². The summed E-state index contributed by atoms with van der Waals surface area (Å²) in [4.78, 5) is 11.8. The molecule has 8 heteroatoms. The van der Waals surface area contributed by atoms with Crippen LogP contribution in [-0.4, -0.2) is 25.3 Å². The van der Waals surface area contributed by atoms with Crippen LogP contribution in [0, 0.1) is 5.82 Å². The van der Waals surface area contributed by atoms with Crippen LogP contribution in [0.5, 0.6) is 0 Å². The molecule has 0 aromatic heterocycles. The predicted octanol–water partition coefficient (Wildman–Crippen LogP) is 1.70. The van der Waals surface area contributed by atoms with Gasteiger partial charge in [0.15, 0.2) is 0 Å². The van der Waals surface area contributed by atoms with E-state index in [1.54, 1.807) is 0 Å². The summed E-state index contributed by atoms with van der Waals surface area (Å²) in [5, 5.41) is 7.29. The van der Waals surface area contributed by atoms with Crippen molar-refractivity contribution in [2.45, 2.75) is 29.4 Å². The molecule has 1 aliphatic heterocycles. The Labute approximate surface area is 121 Å². The molecular formula is C12H15FN2O3S2. The van der Waals surface area contributed by atoms with Gasteiger partial charge >= 0.3 is 0 Å². The van der Waals surface area contributed by atoms with E-state index < -0.39 is 15.8 Å². The highest BCUT2D eigenvalue weighted by atomic mass is 32.2. The summed E-state index contributed by atoms with van der Waals surface area (Å²) in [6.07, 6.45) is 2.75. The molecule has 1 aliphatic rings. The number of primary sulfonamides is 1. The number of halogens is 1. The van der Waals surface area contributed by atoms with Crippen LogP contribution in [0.15, 0.2) is 23.1 Å². The third kappa shape index (κ3) is 3.71. The zero-order chi connectivity index (χ0) is 14.8. The van der Waals surface area contributed by atoms with Crippen molar-refractivity contribution < 1.29 is 17.6 Å². The molecule has 3 N–H and O–H groups in total. The summed E-state index contributed by atoms with van der Waals surface area (Å²) in [6.45, 7) is 0. The largest absolute Gasteiger partial charge is 0.324 e. The van der Waals surface area contributed by atoms with Crippen LogP contribution in [0.25, 0.3) is 0 Å². The first-order chi connectivity index (χ1) is 9.38. The van der Waals surface area contributed by atoms with Gasteiger partial charge in [-0.2, -0.15) is 0 Å². The monoisotopic (exact) mass is 318 g/mol. The first-order valence-corrected chi connectivity index (χ1v) is 8.72. The van der Waals surface area contributed by atoms with Crippen LogP contribution in [-0.2, 0) is 14.8 Å². The summed E-state index contributed by atoms with van der Waals surface area (Å²) in [5.41, 5.74) is -0.108. The Hall–Kier alpha value is -1.12. The van der Waals surface area contributed by atoms with Gasteiger partial charge in [-0.05, 0) is 36.8 Å². The third-order valence-electron chi connectivity index (χ3n) is 2.98. The van der Waals surface area contributed by atoms with Crippen molar-refractivity contribution >= 4 is 33.4 Å². The predicted molar refractivity (Wildman–Crippen MR) is 76.5 cm³/mol. The average molecular weight is 318 g/mol. The van der Waals surface area contributed by atoms with Crippen LogP contribution in [0.3, 0.4) is 0 Å². The third-order valence-corrected chi connectivity index (χ3v) is 5.32. The van der Waals surface area contributed by atoms with Crippen molar-refractivity contribution in [1.82, 2.24) is 0 Å². The van der Waals surface area contributed by atoms with E-state index in [2.05, 4.69) is 5.32 Å². The number of nitrogens with one attached hydrogen (secondary N) is 1. The Balaban J connectivity index is 2.23. The van der Waals surface area contributed by atoms with Gasteiger partial charge in [-0.15, -0.1) is 11.8 Å². The fourth-order valence-corrected chi connectivity index (χ4v) is 3.88. The van der Waals surface area contributed by atoms with Gasteiger partial charge in [0.25, 0.3) is 0 Å². The van der Waals surface area contributed by atoms with E-state index >= 15 is 0 Å². The second-order valence-corrected chi connectivity index (χ2v) is 7.37. The number of rotatable bonds is 3. The highest BCUT2D eigenvalue weighted by molar-refractivity contribution is 8.00. The molecule has 1 saturated heterocycles. The van der Waals surface area contributed by atoms with Crippen molar-refractivity contribution in [3.8, 4) is 0 Å². The number of amides is 1. The standard InChI is InChI=1S/C12H15FN2O3S2/c13-8-4-5-11(20(14,17)18)9(7-8)15-12(16)10-3-1-2-6-19-10/h4-5,7,10H,1-3,6H2,(H,15,16)(H2,14,17,18). The molecule has 0 spiro atoms. The van der Waals surface area contributed by atoms with Gasteiger partial charge in [-0.25, -0.2) is 17.9 Å². The summed E-state index contributed by atoms with van der Waals surface area (Å²) >= 11 is 1.52. The maximum absolute atomic E-state index is 13.2. The minimum Gasteiger partial charge on any atom is -0.324 e. The molecular weight excluding hydrogens is 303 g/mol. The van der Waals surface area contributed by atoms with Crippen molar-refractivity contribution in [2.24, 2.45) is 5.14 Å². The Morgan fingerprint density at radius 2 is 2.15 bits per heavy atom. The molecule has 110 valence electrons. The highest BCUT2D eigenvalue weighted by Gasteiger charge is 2.24. The maximum atomic E-state index is 13.2. The van der Waals surface area contributed by atoms with Crippen LogP contribution < -0.4 is 10.5 Å². The SMILES string of the molecule is NS(=O)(=O)c1ccc(F)cc1NC(=O)C1CCCCS1. The fraction of sp³-hybridized carbons (Fsp3) is 0.417. The average Bonchev–Trinajstić information content (AvgIpc) is 2.38. The van der Waals surface area contributed by atoms with Crippen LogP contribution >= 0.6 is 11.8 Å². The molecule has 0 aliphatic carbocycles. The summed E-state index contributed by atoms with van der Waals surface area (Å²) < 4.78 is 36.1. The lowest BCUT2D eigenvalue weighted by molar-refractivity contribution is -0.115. The van der Waals surface area contributed by atoms with Gasteiger partial charge in [-0.3, -0.25) is 4.79 Å². The van der Waals surface area contributed by atoms with Crippen LogP contribution in [0.4, 0.5) is 10.1 Å². The first kappa shape index (κ1) is 15.3. The number of sulfonamides is 1. The van der Waals surface area contributed by atoms with Crippen LogP contribution in [0.2, 0.25) is 0 Å². The molecule has 1 heterocycles. The first-order valence-electron chi connectivity index (χ1n) is 6.13. The minimum atomic E-state index is -4.01. The second-order valence-electron chi connectivity index (χ2n) is 4.53. The van der Waals surface area contributed by atoms with E-state index in [0.29, 0.717) is 0 Å². The molecule has 1 atom stereocenters. The number of hydrogen-bond acceptors (Lipinski definition) is 4. The van der Waals surface area contributed by atoms with Gasteiger partial charge in [0.1, 0.15) is 10.7 Å². The quantitative estimate of drug-likeness (QED) is 0.887. The fourth-order valence-electron chi connectivity index (χ4n) is 2.01. The van der Waals surface area contributed by atoms with Crippen molar-refractivity contribution in [1.29, 1.82) is 0 Å². The molecule has 0 saturated carbocycles. The lowest BCUT2D eigenvalue weighted by Crippen LogP contribution is -2.28. The summed E-state index contributed by atoms with van der Waals surface area (Å²) in [5.74, 6) is -0.0577. The Bertz CT molecular complexity index is 613. The number of benzene rings is 1. The van der Waals surface area contributed by atoms with Crippen molar-refractivity contribution in [3.05, 3.63) is 24.0 Å². The molecule has 1 aromatic carbocycles. The van der Waals surface area contributed by atoms with Gasteiger partial charge in [-0.1, -0.05) is 6.42 Å². The normalized spacial score (nSPS) is 19.6. The van der Waals surface area contributed by atoms with E-state index in [1.807, 2.05) is 0 Å². The molecule has 5 nitrogen and oxygen atoms in total. The number of nitrogens with two attached hydrogens (primary N) is 1. The van der Waals surface area contributed by atoms with E-state index in [-0.39, 0.29) is 21.7 Å². The Morgan fingerprint density at radius 1 is 1.40 bits per heavy atom. The number of thioether (sulfide) groups is 1. The zero-order valence-electron chi connectivity index (χ0n) is 10.6. The van der Waals surface area contributed by atoms with E-state index in [4.69, 9.17) is 5.14 Å². The molecule has 0 radical (unpaired) electrons. The van der Waals surface area contributed by atoms with Crippen molar-refractivity contribution in [2.75, 3.05) is 11.1 Å². The van der Waals surface area contributed by atoms with E-state index in [9.17, 15) is 17.6 Å². The van der Waals surface area contributed by atoms with Gasteiger partial charge in [0.05, 0.1) is 10.9 Å². The minimum absolute atomic E-state index is 0.108. The maximum Gasteiger partial charge on any atom is 0.240 e. The zero-order valence-corrected chi connectivity index (χ0v) is 12.3. The molecule has 0 bridgehead atoms. The van der Waals surface area contributed by atoms with Gasteiger partial charge in [0, 0.05) is 0 Å². The molecule has 1 unspecified atom stereocenters.